The Labute approximate surface area is 187 Å². The van der Waals surface area contributed by atoms with Crippen LogP contribution in [0.2, 0.25) is 0 Å². The summed E-state index contributed by atoms with van der Waals surface area (Å²) < 4.78 is 19.2. The number of hydrogen-bond acceptors (Lipinski definition) is 4. The van der Waals surface area contributed by atoms with Crippen molar-refractivity contribution < 1.29 is 19.0 Å². The Morgan fingerprint density at radius 1 is 1.09 bits per heavy atom. The van der Waals surface area contributed by atoms with Gasteiger partial charge in [-0.1, -0.05) is 24.3 Å². The third kappa shape index (κ3) is 5.44. The lowest BCUT2D eigenvalue weighted by atomic mass is 9.91. The third-order valence-electron chi connectivity index (χ3n) is 6.02. The molecule has 0 unspecified atom stereocenters. The van der Waals surface area contributed by atoms with Crippen LogP contribution in [0.3, 0.4) is 0 Å². The maximum absolute atomic E-state index is 13.3. The average molecular weight is 435 g/mol. The number of rotatable bonds is 7. The summed E-state index contributed by atoms with van der Waals surface area (Å²) in [4.78, 5) is 18.7. The van der Waals surface area contributed by atoms with Crippen molar-refractivity contribution in [1.29, 1.82) is 0 Å². The van der Waals surface area contributed by atoms with Crippen LogP contribution in [-0.4, -0.2) is 40.6 Å². The van der Waals surface area contributed by atoms with E-state index in [9.17, 15) is 14.3 Å². The standard InChI is InChI=1S/C26H27FN2O3/c27-21-9-10-22(24(30)16-21)23-5-1-2-6-25(23)32-18-26(31)29-14-11-19(12-15-29)7-8-20-4-3-13-28-17-20/h1-6,9-10,13,16-17,19,30H,7-8,11-12,14-15,18H2. The summed E-state index contributed by atoms with van der Waals surface area (Å²) in [5, 5.41) is 10.1. The normalized spacial score (nSPS) is 14.3. The molecule has 32 heavy (non-hydrogen) atoms. The van der Waals surface area contributed by atoms with Crippen molar-refractivity contribution in [2.24, 2.45) is 5.92 Å². The highest BCUT2D eigenvalue weighted by Crippen LogP contribution is 2.36. The van der Waals surface area contributed by atoms with E-state index in [2.05, 4.69) is 11.1 Å². The molecule has 1 N–H and O–H groups in total. The molecule has 0 radical (unpaired) electrons. The van der Waals surface area contributed by atoms with Gasteiger partial charge in [0.15, 0.2) is 6.61 Å². The minimum Gasteiger partial charge on any atom is -0.507 e. The third-order valence-corrected chi connectivity index (χ3v) is 6.02. The molecule has 1 fully saturated rings. The molecular weight excluding hydrogens is 407 g/mol. The van der Waals surface area contributed by atoms with Crippen molar-refractivity contribution in [2.45, 2.75) is 25.7 Å². The molecule has 0 saturated carbocycles. The number of carbonyl (C=O) groups is 1. The van der Waals surface area contributed by atoms with E-state index in [-0.39, 0.29) is 18.3 Å². The summed E-state index contributed by atoms with van der Waals surface area (Å²) in [5.74, 6) is 0.370. The number of aryl methyl sites for hydroxylation is 1. The highest BCUT2D eigenvalue weighted by atomic mass is 19.1. The van der Waals surface area contributed by atoms with E-state index in [4.69, 9.17) is 4.74 Å². The number of carbonyl (C=O) groups excluding carboxylic acids is 1. The first-order valence-electron chi connectivity index (χ1n) is 11.0. The number of hydrogen-bond donors (Lipinski definition) is 1. The zero-order chi connectivity index (χ0) is 22.3. The number of para-hydroxylation sites is 1. The smallest absolute Gasteiger partial charge is 0.260 e. The van der Waals surface area contributed by atoms with Gasteiger partial charge in [0.25, 0.3) is 5.91 Å². The van der Waals surface area contributed by atoms with E-state index in [0.717, 1.165) is 44.8 Å². The van der Waals surface area contributed by atoms with E-state index < -0.39 is 5.82 Å². The minimum absolute atomic E-state index is 0.0474. The number of phenols is 1. The number of benzene rings is 2. The van der Waals surface area contributed by atoms with Crippen LogP contribution in [0.5, 0.6) is 11.5 Å². The number of aromatic hydroxyl groups is 1. The molecule has 1 aliphatic rings. The number of piperidine rings is 1. The van der Waals surface area contributed by atoms with Crippen LogP contribution in [0, 0.1) is 11.7 Å². The molecule has 6 heteroatoms. The highest BCUT2D eigenvalue weighted by molar-refractivity contribution is 5.79. The fourth-order valence-electron chi connectivity index (χ4n) is 4.17. The predicted molar refractivity (Wildman–Crippen MR) is 121 cm³/mol. The maximum Gasteiger partial charge on any atom is 0.260 e. The minimum atomic E-state index is -0.510. The molecule has 166 valence electrons. The van der Waals surface area contributed by atoms with Gasteiger partial charge in [0.05, 0.1) is 0 Å². The maximum atomic E-state index is 13.3. The molecule has 0 spiro atoms. The van der Waals surface area contributed by atoms with Gasteiger partial charge in [0.2, 0.25) is 0 Å². The Morgan fingerprint density at radius 3 is 2.66 bits per heavy atom. The summed E-state index contributed by atoms with van der Waals surface area (Å²) >= 11 is 0. The second kappa shape index (κ2) is 10.3. The number of aromatic nitrogens is 1. The van der Waals surface area contributed by atoms with Gasteiger partial charge < -0.3 is 14.7 Å². The molecule has 1 amide bonds. The summed E-state index contributed by atoms with van der Waals surface area (Å²) in [6.07, 6.45) is 7.81. The molecule has 5 nitrogen and oxygen atoms in total. The summed E-state index contributed by atoms with van der Waals surface area (Å²) in [7, 11) is 0. The van der Waals surface area contributed by atoms with Gasteiger partial charge in [0, 0.05) is 42.7 Å². The lowest BCUT2D eigenvalue weighted by Gasteiger charge is -2.32. The Morgan fingerprint density at radius 2 is 1.91 bits per heavy atom. The summed E-state index contributed by atoms with van der Waals surface area (Å²) in [6.45, 7) is 1.40. The van der Waals surface area contributed by atoms with Crippen LogP contribution >= 0.6 is 0 Å². The monoisotopic (exact) mass is 434 g/mol. The summed E-state index contributed by atoms with van der Waals surface area (Å²) in [6, 6.07) is 15.1. The number of halogens is 1. The van der Waals surface area contributed by atoms with Gasteiger partial charge in [-0.2, -0.15) is 0 Å². The first-order valence-corrected chi connectivity index (χ1v) is 11.0. The van der Waals surface area contributed by atoms with Gasteiger partial charge in [-0.25, -0.2) is 4.39 Å². The number of amides is 1. The molecule has 2 aromatic carbocycles. The van der Waals surface area contributed by atoms with Crippen molar-refractivity contribution in [2.75, 3.05) is 19.7 Å². The second-order valence-corrected chi connectivity index (χ2v) is 8.17. The number of phenolic OH excluding ortho intramolecular Hbond substituents is 1. The molecule has 1 aliphatic heterocycles. The van der Waals surface area contributed by atoms with E-state index >= 15 is 0 Å². The highest BCUT2D eigenvalue weighted by Gasteiger charge is 2.23. The summed E-state index contributed by atoms with van der Waals surface area (Å²) in [5.41, 5.74) is 2.33. The Kier molecular flexibility index (Phi) is 7.00. The molecule has 2 heterocycles. The van der Waals surface area contributed by atoms with Gasteiger partial charge in [-0.3, -0.25) is 9.78 Å². The number of ether oxygens (including phenoxy) is 1. The Balaban J connectivity index is 1.29. The van der Waals surface area contributed by atoms with Crippen molar-refractivity contribution in [1.82, 2.24) is 9.88 Å². The van der Waals surface area contributed by atoms with Gasteiger partial charge in [0.1, 0.15) is 17.3 Å². The second-order valence-electron chi connectivity index (χ2n) is 8.17. The molecule has 4 rings (SSSR count). The lowest BCUT2D eigenvalue weighted by Crippen LogP contribution is -2.41. The predicted octanol–water partition coefficient (Wildman–Crippen LogP) is 4.84. The van der Waals surface area contributed by atoms with E-state index in [1.165, 1.54) is 17.7 Å². The molecule has 1 saturated heterocycles. The SMILES string of the molecule is O=C(COc1ccccc1-c1ccc(F)cc1O)N1CCC(CCc2cccnc2)CC1. The zero-order valence-electron chi connectivity index (χ0n) is 17.9. The van der Waals surface area contributed by atoms with Gasteiger partial charge >= 0.3 is 0 Å². The van der Waals surface area contributed by atoms with Crippen LogP contribution in [-0.2, 0) is 11.2 Å². The quantitative estimate of drug-likeness (QED) is 0.578. The van der Waals surface area contributed by atoms with Crippen LogP contribution in [0.15, 0.2) is 67.0 Å². The number of pyridine rings is 1. The van der Waals surface area contributed by atoms with Crippen LogP contribution in [0.4, 0.5) is 4.39 Å². The lowest BCUT2D eigenvalue weighted by molar-refractivity contribution is -0.134. The van der Waals surface area contributed by atoms with E-state index in [1.807, 2.05) is 23.2 Å². The molecule has 0 bridgehead atoms. The zero-order valence-corrected chi connectivity index (χ0v) is 17.9. The van der Waals surface area contributed by atoms with Gasteiger partial charge in [-0.15, -0.1) is 0 Å². The molecular formula is C26H27FN2O3. The number of likely N-dealkylation sites (tertiary alicyclic amines) is 1. The van der Waals surface area contributed by atoms with Crippen molar-refractivity contribution >= 4 is 5.91 Å². The topological polar surface area (TPSA) is 62.7 Å². The Bertz CT molecular complexity index is 1050. The first kappa shape index (κ1) is 21.8. The number of nitrogens with zero attached hydrogens (tertiary/aromatic N) is 2. The largest absolute Gasteiger partial charge is 0.507 e. The van der Waals surface area contributed by atoms with Crippen molar-refractivity contribution in [3.63, 3.8) is 0 Å². The molecule has 3 aromatic rings. The molecule has 0 aliphatic carbocycles. The van der Waals surface area contributed by atoms with Crippen molar-refractivity contribution in [3.8, 4) is 22.6 Å². The van der Waals surface area contributed by atoms with E-state index in [1.54, 1.807) is 24.4 Å². The molecule has 1 aromatic heterocycles. The Hall–Kier alpha value is -3.41. The van der Waals surface area contributed by atoms with Crippen LogP contribution < -0.4 is 4.74 Å². The van der Waals surface area contributed by atoms with Gasteiger partial charge in [-0.05, 0) is 61.4 Å². The fraction of sp³-hybridized carbons (Fsp3) is 0.308. The fourth-order valence-corrected chi connectivity index (χ4v) is 4.17. The average Bonchev–Trinajstić information content (AvgIpc) is 2.82. The van der Waals surface area contributed by atoms with Crippen LogP contribution in [0.1, 0.15) is 24.8 Å². The first-order chi connectivity index (χ1) is 15.6. The molecule has 0 atom stereocenters. The van der Waals surface area contributed by atoms with Crippen LogP contribution in [0.25, 0.3) is 11.1 Å². The van der Waals surface area contributed by atoms with E-state index in [0.29, 0.717) is 22.8 Å². The van der Waals surface area contributed by atoms with Crippen molar-refractivity contribution in [3.05, 3.63) is 78.4 Å².